The Hall–Kier alpha value is -7.28. The van der Waals surface area contributed by atoms with Crippen LogP contribution in [0.15, 0.2) is 188 Å². The summed E-state index contributed by atoms with van der Waals surface area (Å²) < 4.78 is 4.94. The highest BCUT2D eigenvalue weighted by Crippen LogP contribution is 2.41. The molecule has 5 nitrogen and oxygen atoms in total. The minimum absolute atomic E-state index is 0.603. The highest BCUT2D eigenvalue weighted by atomic mass is 32.1. The van der Waals surface area contributed by atoms with Crippen molar-refractivity contribution in [1.82, 2.24) is 24.5 Å². The van der Waals surface area contributed by atoms with Gasteiger partial charge in [-0.2, -0.15) is 0 Å². The fraction of sp³-hybridized carbons (Fsp3) is 0. The van der Waals surface area contributed by atoms with Gasteiger partial charge >= 0.3 is 0 Å². The van der Waals surface area contributed by atoms with Gasteiger partial charge in [-0.1, -0.05) is 133 Å². The number of fused-ring (bicyclic) bond motifs is 6. The van der Waals surface area contributed by atoms with Gasteiger partial charge < -0.3 is 4.57 Å². The molecular weight excluding hydrogens is 703 g/mol. The maximum Gasteiger partial charge on any atom is 0.166 e. The lowest BCUT2D eigenvalue weighted by molar-refractivity contribution is 1.06. The third-order valence-corrected chi connectivity index (χ3v) is 11.8. The SMILES string of the molecule is c1ccc(-c2nc(-c3ccc(-c4cccc5c4sc4ccccc45)cc3)nc(-c3ccc(-c4ccncc4)cc3-n3c4ccccc4c4ccccc43)n2)cc1. The van der Waals surface area contributed by atoms with Crippen LogP contribution < -0.4 is 0 Å². The van der Waals surface area contributed by atoms with Crippen LogP contribution in [-0.4, -0.2) is 24.5 Å². The first-order valence-electron chi connectivity index (χ1n) is 18.6. The molecule has 56 heavy (non-hydrogen) atoms. The second-order valence-corrected chi connectivity index (χ2v) is 14.9. The topological polar surface area (TPSA) is 56.5 Å². The lowest BCUT2D eigenvalue weighted by atomic mass is 10.0. The molecule has 0 saturated carbocycles. The maximum atomic E-state index is 5.27. The quantitative estimate of drug-likeness (QED) is 0.171. The zero-order chi connectivity index (χ0) is 37.0. The number of benzene rings is 7. The van der Waals surface area contributed by atoms with Gasteiger partial charge in [0.15, 0.2) is 17.5 Å². The highest BCUT2D eigenvalue weighted by Gasteiger charge is 2.20. The number of aromatic nitrogens is 5. The Balaban J connectivity index is 1.11. The Morgan fingerprint density at radius 2 is 0.946 bits per heavy atom. The summed E-state index contributed by atoms with van der Waals surface area (Å²) in [6, 6.07) is 61.9. The normalized spacial score (nSPS) is 11.6. The van der Waals surface area contributed by atoms with Crippen molar-refractivity contribution in [1.29, 1.82) is 0 Å². The van der Waals surface area contributed by atoms with Crippen molar-refractivity contribution in [2.24, 2.45) is 0 Å². The largest absolute Gasteiger partial charge is 0.308 e. The molecule has 6 heteroatoms. The lowest BCUT2D eigenvalue weighted by Crippen LogP contribution is -2.04. The molecule has 11 rings (SSSR count). The van der Waals surface area contributed by atoms with Gasteiger partial charge in [0.1, 0.15) is 0 Å². The first-order valence-corrected chi connectivity index (χ1v) is 19.4. The van der Waals surface area contributed by atoms with Gasteiger partial charge in [-0.25, -0.2) is 15.0 Å². The fourth-order valence-corrected chi connectivity index (χ4v) is 9.17. The van der Waals surface area contributed by atoms with E-state index in [1.165, 1.54) is 36.5 Å². The van der Waals surface area contributed by atoms with Gasteiger partial charge in [0.25, 0.3) is 0 Å². The molecule has 0 N–H and O–H groups in total. The second-order valence-electron chi connectivity index (χ2n) is 13.9. The summed E-state index contributed by atoms with van der Waals surface area (Å²) in [5.74, 6) is 1.84. The molecule has 0 amide bonds. The minimum Gasteiger partial charge on any atom is -0.308 e. The molecule has 0 fully saturated rings. The standard InChI is InChI=1S/C50H31N5S/c1-2-11-34(12-3-1)48-52-49(35-23-21-33(22-24-35)37-16-10-17-41-40-15-6-9-20-46(40)56-47(37)41)54-50(53-48)42-26-25-36(32-27-29-51-30-28-32)31-45(42)55-43-18-7-4-13-38(43)39-14-5-8-19-44(39)55/h1-31H. The third-order valence-electron chi connectivity index (χ3n) is 10.6. The zero-order valence-corrected chi connectivity index (χ0v) is 30.9. The summed E-state index contributed by atoms with van der Waals surface area (Å²) in [7, 11) is 0. The van der Waals surface area contributed by atoms with Crippen molar-refractivity contribution in [2.75, 3.05) is 0 Å². The fourth-order valence-electron chi connectivity index (χ4n) is 7.93. The van der Waals surface area contributed by atoms with E-state index in [9.17, 15) is 0 Å². The molecular formula is C50H31N5S. The molecule has 0 saturated heterocycles. The number of pyridine rings is 1. The van der Waals surface area contributed by atoms with Crippen molar-refractivity contribution in [2.45, 2.75) is 0 Å². The van der Waals surface area contributed by atoms with Crippen LogP contribution in [0.4, 0.5) is 0 Å². The van der Waals surface area contributed by atoms with Crippen LogP contribution in [0.2, 0.25) is 0 Å². The second kappa shape index (κ2) is 13.2. The van der Waals surface area contributed by atoms with Crippen molar-refractivity contribution >= 4 is 53.3 Å². The summed E-state index contributed by atoms with van der Waals surface area (Å²) in [6.07, 6.45) is 3.67. The van der Waals surface area contributed by atoms with Crippen LogP contribution in [0.3, 0.4) is 0 Å². The lowest BCUT2D eigenvalue weighted by Gasteiger charge is -2.16. The number of para-hydroxylation sites is 2. The summed E-state index contributed by atoms with van der Waals surface area (Å²) in [4.78, 5) is 19.9. The summed E-state index contributed by atoms with van der Waals surface area (Å²) in [5.41, 5.74) is 10.5. The molecule has 0 atom stereocenters. The highest BCUT2D eigenvalue weighted by molar-refractivity contribution is 7.26. The van der Waals surface area contributed by atoms with Crippen molar-refractivity contribution in [3.8, 4) is 62.1 Å². The van der Waals surface area contributed by atoms with Gasteiger partial charge in [-0.15, -0.1) is 11.3 Å². The molecule has 7 aromatic carbocycles. The average molecular weight is 734 g/mol. The van der Waals surface area contributed by atoms with Crippen LogP contribution in [0.5, 0.6) is 0 Å². The summed E-state index contributed by atoms with van der Waals surface area (Å²) in [5, 5.41) is 4.97. The third kappa shape index (κ3) is 5.38. The number of thiophene rings is 1. The van der Waals surface area contributed by atoms with Gasteiger partial charge in [0, 0.05) is 60.0 Å². The van der Waals surface area contributed by atoms with E-state index in [-0.39, 0.29) is 0 Å². The van der Waals surface area contributed by atoms with Crippen molar-refractivity contribution in [3.63, 3.8) is 0 Å². The summed E-state index contributed by atoms with van der Waals surface area (Å²) >= 11 is 1.85. The van der Waals surface area contributed by atoms with Crippen LogP contribution in [0.25, 0.3) is 104 Å². The van der Waals surface area contributed by atoms with Crippen LogP contribution in [0, 0.1) is 0 Å². The molecule has 0 aliphatic rings. The molecule has 0 aliphatic heterocycles. The Morgan fingerprint density at radius 3 is 1.68 bits per heavy atom. The number of rotatable bonds is 6. The molecule has 0 radical (unpaired) electrons. The van der Waals surface area contributed by atoms with E-state index in [1.807, 2.05) is 54.1 Å². The number of hydrogen-bond acceptors (Lipinski definition) is 5. The first kappa shape index (κ1) is 32.2. The Labute approximate surface area is 326 Å². The molecule has 262 valence electrons. The van der Waals surface area contributed by atoms with E-state index >= 15 is 0 Å². The van der Waals surface area contributed by atoms with E-state index in [0.29, 0.717) is 17.5 Å². The van der Waals surface area contributed by atoms with Gasteiger partial charge in [0.2, 0.25) is 0 Å². The van der Waals surface area contributed by atoms with Crippen molar-refractivity contribution < 1.29 is 0 Å². The molecule has 0 bridgehead atoms. The molecule has 0 spiro atoms. The Morgan fingerprint density at radius 1 is 0.375 bits per heavy atom. The van der Waals surface area contributed by atoms with E-state index in [1.54, 1.807) is 0 Å². The van der Waals surface area contributed by atoms with Crippen LogP contribution in [0.1, 0.15) is 0 Å². The molecule has 0 aliphatic carbocycles. The number of hydrogen-bond donors (Lipinski definition) is 0. The van der Waals surface area contributed by atoms with E-state index < -0.39 is 0 Å². The van der Waals surface area contributed by atoms with Crippen LogP contribution >= 0.6 is 11.3 Å². The van der Waals surface area contributed by atoms with Gasteiger partial charge in [0.05, 0.1) is 16.7 Å². The first-order chi connectivity index (χ1) is 27.8. The molecule has 4 heterocycles. The van der Waals surface area contributed by atoms with Gasteiger partial charge in [-0.3, -0.25) is 4.98 Å². The average Bonchev–Trinajstić information content (AvgIpc) is 3.83. The molecule has 4 aromatic heterocycles. The smallest absolute Gasteiger partial charge is 0.166 e. The number of nitrogens with zero attached hydrogens (tertiary/aromatic N) is 5. The van der Waals surface area contributed by atoms with E-state index in [0.717, 1.165) is 50.1 Å². The minimum atomic E-state index is 0.603. The van der Waals surface area contributed by atoms with Gasteiger partial charge in [-0.05, 0) is 64.7 Å². The van der Waals surface area contributed by atoms with Crippen LogP contribution in [-0.2, 0) is 0 Å². The predicted octanol–water partition coefficient (Wildman–Crippen LogP) is 13.1. The Bertz CT molecular complexity index is 3190. The molecule has 0 unspecified atom stereocenters. The molecule has 11 aromatic rings. The zero-order valence-electron chi connectivity index (χ0n) is 30.0. The van der Waals surface area contributed by atoms with Crippen molar-refractivity contribution in [3.05, 3.63) is 188 Å². The monoisotopic (exact) mass is 733 g/mol. The van der Waals surface area contributed by atoms with E-state index in [2.05, 4.69) is 155 Å². The predicted molar refractivity (Wildman–Crippen MR) is 232 cm³/mol. The maximum absolute atomic E-state index is 5.27. The van der Waals surface area contributed by atoms with E-state index in [4.69, 9.17) is 15.0 Å². The summed E-state index contributed by atoms with van der Waals surface area (Å²) in [6.45, 7) is 0. The Kier molecular flexibility index (Phi) is 7.60.